The molecule has 0 saturated carbocycles. The average Bonchev–Trinajstić information content (AvgIpc) is 2.86. The molecule has 0 spiro atoms. The van der Waals surface area contributed by atoms with Crippen LogP contribution in [0.2, 0.25) is 0 Å². The normalized spacial score (nSPS) is 11.4. The summed E-state index contributed by atoms with van der Waals surface area (Å²) >= 11 is 0. The van der Waals surface area contributed by atoms with Gasteiger partial charge in [0.05, 0.1) is 5.69 Å². The molecule has 2 aromatic heterocycles. The molecule has 0 bridgehead atoms. The van der Waals surface area contributed by atoms with Crippen molar-refractivity contribution >= 4 is 23.1 Å². The minimum absolute atomic E-state index is 0.0205. The van der Waals surface area contributed by atoms with Gasteiger partial charge in [-0.3, -0.25) is 4.40 Å². The summed E-state index contributed by atoms with van der Waals surface area (Å²) in [6.07, 6.45) is 1.13. The molecule has 1 N–H and O–H groups in total. The Bertz CT molecular complexity index is 947. The topological polar surface area (TPSA) is 79.3 Å². The molecule has 0 fully saturated rings. The summed E-state index contributed by atoms with van der Waals surface area (Å²) in [5.41, 5.74) is 2.54. The van der Waals surface area contributed by atoms with Crippen molar-refractivity contribution < 1.29 is 14.3 Å². The number of benzene rings is 1. The van der Waals surface area contributed by atoms with Gasteiger partial charge in [0, 0.05) is 6.20 Å². The third-order valence-corrected chi connectivity index (χ3v) is 3.38. The first-order valence-corrected chi connectivity index (χ1v) is 6.85. The Kier molecular flexibility index (Phi) is 3.61. The molecule has 3 aromatic rings. The number of aromatic nitrogens is 2. The van der Waals surface area contributed by atoms with E-state index in [9.17, 15) is 14.3 Å². The number of azo groups is 1. The SMILES string of the molecule is Cc1ccc(C)c(N=Nc2c(C(=O)O)nc3ccc(F)cn23)c1. The fraction of sp³-hybridized carbons (Fsp3) is 0.125. The third-order valence-electron chi connectivity index (χ3n) is 3.38. The Morgan fingerprint density at radius 2 is 2.00 bits per heavy atom. The van der Waals surface area contributed by atoms with Gasteiger partial charge in [-0.25, -0.2) is 14.2 Å². The molecule has 23 heavy (non-hydrogen) atoms. The van der Waals surface area contributed by atoms with E-state index in [4.69, 9.17) is 0 Å². The van der Waals surface area contributed by atoms with Crippen LogP contribution in [-0.4, -0.2) is 20.5 Å². The van der Waals surface area contributed by atoms with Gasteiger partial charge in [0.25, 0.3) is 0 Å². The fourth-order valence-electron chi connectivity index (χ4n) is 2.17. The number of carbonyl (C=O) groups is 1. The maximum Gasteiger partial charge on any atom is 0.358 e. The quantitative estimate of drug-likeness (QED) is 0.736. The van der Waals surface area contributed by atoms with Gasteiger partial charge < -0.3 is 5.11 Å². The predicted octanol–water partition coefficient (Wildman–Crippen LogP) is 4.20. The highest BCUT2D eigenvalue weighted by atomic mass is 19.1. The number of halogens is 1. The molecule has 0 unspecified atom stereocenters. The van der Waals surface area contributed by atoms with Gasteiger partial charge >= 0.3 is 5.97 Å². The van der Waals surface area contributed by atoms with E-state index in [1.807, 2.05) is 32.0 Å². The lowest BCUT2D eigenvalue weighted by Gasteiger charge is -2.01. The molecule has 7 heteroatoms. The van der Waals surface area contributed by atoms with E-state index in [-0.39, 0.29) is 11.5 Å². The molecule has 0 atom stereocenters. The van der Waals surface area contributed by atoms with Crippen molar-refractivity contribution in [2.24, 2.45) is 10.2 Å². The maximum absolute atomic E-state index is 13.4. The Labute approximate surface area is 130 Å². The predicted molar refractivity (Wildman–Crippen MR) is 82.2 cm³/mol. The maximum atomic E-state index is 13.4. The van der Waals surface area contributed by atoms with Crippen LogP contribution in [0.1, 0.15) is 21.6 Å². The van der Waals surface area contributed by atoms with Gasteiger partial charge in [0.1, 0.15) is 11.5 Å². The minimum atomic E-state index is -1.25. The summed E-state index contributed by atoms with van der Waals surface area (Å²) in [6.45, 7) is 3.80. The second-order valence-electron chi connectivity index (χ2n) is 5.15. The number of fused-ring (bicyclic) bond motifs is 1. The highest BCUT2D eigenvalue weighted by molar-refractivity contribution is 5.91. The van der Waals surface area contributed by atoms with Crippen molar-refractivity contribution in [3.05, 3.63) is 59.2 Å². The number of nitrogens with zero attached hydrogens (tertiary/aromatic N) is 4. The molecule has 0 aliphatic heterocycles. The molecule has 0 aliphatic carbocycles. The fourth-order valence-corrected chi connectivity index (χ4v) is 2.17. The van der Waals surface area contributed by atoms with Crippen molar-refractivity contribution in [1.82, 2.24) is 9.38 Å². The summed E-state index contributed by atoms with van der Waals surface area (Å²) in [4.78, 5) is 15.3. The van der Waals surface area contributed by atoms with Gasteiger partial charge in [-0.2, -0.15) is 0 Å². The number of rotatable bonds is 3. The Morgan fingerprint density at radius 1 is 1.22 bits per heavy atom. The van der Waals surface area contributed by atoms with Crippen LogP contribution >= 0.6 is 0 Å². The summed E-state index contributed by atoms with van der Waals surface area (Å²) in [6, 6.07) is 8.28. The van der Waals surface area contributed by atoms with E-state index in [2.05, 4.69) is 15.2 Å². The van der Waals surface area contributed by atoms with Crippen LogP contribution < -0.4 is 0 Å². The molecular formula is C16H13FN4O2. The van der Waals surface area contributed by atoms with E-state index in [0.29, 0.717) is 11.3 Å². The van der Waals surface area contributed by atoms with E-state index >= 15 is 0 Å². The highest BCUT2D eigenvalue weighted by Gasteiger charge is 2.18. The van der Waals surface area contributed by atoms with Crippen molar-refractivity contribution in [3.8, 4) is 0 Å². The number of aromatic carboxylic acids is 1. The molecule has 0 amide bonds. The first kappa shape index (κ1) is 14.8. The number of carboxylic acid groups (broad SMARTS) is 1. The Hall–Kier alpha value is -3.09. The van der Waals surface area contributed by atoms with Gasteiger partial charge in [-0.15, -0.1) is 10.2 Å². The second kappa shape index (κ2) is 5.60. The van der Waals surface area contributed by atoms with Gasteiger partial charge in [-0.1, -0.05) is 12.1 Å². The molecule has 0 saturated heterocycles. The van der Waals surface area contributed by atoms with Crippen LogP contribution in [0, 0.1) is 19.7 Å². The summed E-state index contributed by atoms with van der Waals surface area (Å²) in [5.74, 6) is -1.79. The molecule has 0 aliphatic rings. The first-order valence-electron chi connectivity index (χ1n) is 6.85. The van der Waals surface area contributed by atoms with E-state index in [1.165, 1.54) is 16.5 Å². The van der Waals surface area contributed by atoms with Crippen LogP contribution in [0.25, 0.3) is 5.65 Å². The summed E-state index contributed by atoms with van der Waals surface area (Å²) in [5, 5.41) is 17.4. The largest absolute Gasteiger partial charge is 0.476 e. The van der Waals surface area contributed by atoms with Crippen LogP contribution in [0.15, 0.2) is 46.8 Å². The second-order valence-corrected chi connectivity index (χ2v) is 5.15. The molecular weight excluding hydrogens is 299 g/mol. The zero-order chi connectivity index (χ0) is 16.6. The highest BCUT2D eigenvalue weighted by Crippen LogP contribution is 2.26. The molecule has 2 heterocycles. The minimum Gasteiger partial charge on any atom is -0.476 e. The summed E-state index contributed by atoms with van der Waals surface area (Å²) in [7, 11) is 0. The molecule has 3 rings (SSSR count). The molecule has 6 nitrogen and oxygen atoms in total. The van der Waals surface area contributed by atoms with Crippen molar-refractivity contribution in [3.63, 3.8) is 0 Å². The number of pyridine rings is 1. The number of hydrogen-bond donors (Lipinski definition) is 1. The Morgan fingerprint density at radius 3 is 2.74 bits per heavy atom. The lowest BCUT2D eigenvalue weighted by molar-refractivity contribution is 0.0692. The Balaban J connectivity index is 2.16. The van der Waals surface area contributed by atoms with Gasteiger partial charge in [-0.05, 0) is 43.2 Å². The first-order chi connectivity index (χ1) is 11.0. The van der Waals surface area contributed by atoms with Gasteiger partial charge in [0.15, 0.2) is 11.5 Å². The van der Waals surface area contributed by atoms with Crippen molar-refractivity contribution in [2.75, 3.05) is 0 Å². The third kappa shape index (κ3) is 2.80. The monoisotopic (exact) mass is 312 g/mol. The lowest BCUT2D eigenvalue weighted by atomic mass is 10.1. The zero-order valence-corrected chi connectivity index (χ0v) is 12.5. The van der Waals surface area contributed by atoms with Crippen LogP contribution in [0.4, 0.5) is 15.9 Å². The van der Waals surface area contributed by atoms with E-state index in [1.54, 1.807) is 0 Å². The average molecular weight is 312 g/mol. The number of aryl methyl sites for hydroxylation is 2. The van der Waals surface area contributed by atoms with E-state index in [0.717, 1.165) is 17.3 Å². The van der Waals surface area contributed by atoms with Crippen molar-refractivity contribution in [2.45, 2.75) is 13.8 Å². The summed E-state index contributed by atoms with van der Waals surface area (Å²) < 4.78 is 14.7. The standard InChI is InChI=1S/C16H13FN4O2/c1-9-3-4-10(2)12(7-9)19-20-15-14(16(22)23)18-13-6-5-11(17)8-21(13)15/h3-8H,1-2H3,(H,22,23). The molecule has 0 radical (unpaired) electrons. The number of hydrogen-bond acceptors (Lipinski definition) is 4. The smallest absolute Gasteiger partial charge is 0.358 e. The lowest BCUT2D eigenvalue weighted by Crippen LogP contribution is -1.96. The number of carboxylic acids is 1. The zero-order valence-electron chi connectivity index (χ0n) is 12.5. The number of imidazole rings is 1. The van der Waals surface area contributed by atoms with Gasteiger partial charge in [0.2, 0.25) is 0 Å². The molecule has 116 valence electrons. The van der Waals surface area contributed by atoms with E-state index < -0.39 is 11.8 Å². The van der Waals surface area contributed by atoms with Crippen molar-refractivity contribution in [1.29, 1.82) is 0 Å². The van der Waals surface area contributed by atoms with Crippen LogP contribution in [-0.2, 0) is 0 Å². The van der Waals surface area contributed by atoms with Crippen LogP contribution in [0.5, 0.6) is 0 Å². The molecule has 1 aromatic carbocycles. The van der Waals surface area contributed by atoms with Crippen LogP contribution in [0.3, 0.4) is 0 Å².